The molecule has 0 spiro atoms. The minimum absolute atomic E-state index is 0.187. The summed E-state index contributed by atoms with van der Waals surface area (Å²) in [5, 5.41) is 9.81. The van der Waals surface area contributed by atoms with E-state index >= 15 is 0 Å². The number of piperidine rings is 1. The first kappa shape index (κ1) is 15.9. The van der Waals surface area contributed by atoms with Gasteiger partial charge in [0.25, 0.3) is 0 Å². The standard InChI is InChI=1S/C16H18N2O4S/c1-11-5-6-12-3-2-4-14(15(12)17-11)23(21,22)18-9-7-13(8-10-18)16(19)20/h2-6,13H,7-10H2,1H3,(H,19,20). The molecule has 1 fully saturated rings. The number of fused-ring (bicyclic) bond motifs is 1. The molecule has 0 radical (unpaired) electrons. The smallest absolute Gasteiger partial charge is 0.306 e. The molecule has 0 bridgehead atoms. The monoisotopic (exact) mass is 334 g/mol. The van der Waals surface area contributed by atoms with Crippen molar-refractivity contribution in [2.24, 2.45) is 5.92 Å². The minimum Gasteiger partial charge on any atom is -0.481 e. The molecule has 2 aromatic rings. The Labute approximate surface area is 134 Å². The van der Waals surface area contributed by atoms with Crippen molar-refractivity contribution in [1.29, 1.82) is 0 Å². The van der Waals surface area contributed by atoms with Gasteiger partial charge < -0.3 is 5.11 Å². The number of pyridine rings is 1. The number of hydrogen-bond acceptors (Lipinski definition) is 4. The van der Waals surface area contributed by atoms with Crippen molar-refractivity contribution in [3.8, 4) is 0 Å². The molecule has 1 aromatic heterocycles. The molecule has 6 nitrogen and oxygen atoms in total. The number of benzene rings is 1. The Balaban J connectivity index is 1.98. The second kappa shape index (κ2) is 5.90. The maximum atomic E-state index is 12.9. The number of carbonyl (C=O) groups is 1. The van der Waals surface area contributed by atoms with Crippen molar-refractivity contribution in [2.45, 2.75) is 24.7 Å². The van der Waals surface area contributed by atoms with Crippen LogP contribution < -0.4 is 0 Å². The number of sulfonamides is 1. The van der Waals surface area contributed by atoms with E-state index in [2.05, 4.69) is 4.98 Å². The van der Waals surface area contributed by atoms with Crippen LogP contribution in [-0.2, 0) is 14.8 Å². The first-order chi connectivity index (χ1) is 10.9. The van der Waals surface area contributed by atoms with Crippen LogP contribution in [0.4, 0.5) is 0 Å². The number of hydrogen-bond donors (Lipinski definition) is 1. The lowest BCUT2D eigenvalue weighted by Crippen LogP contribution is -2.40. The molecule has 3 rings (SSSR count). The molecule has 1 aliphatic rings. The molecule has 1 N–H and O–H groups in total. The fourth-order valence-electron chi connectivity index (χ4n) is 2.91. The third kappa shape index (κ3) is 2.94. The zero-order valence-corrected chi connectivity index (χ0v) is 13.6. The Morgan fingerprint density at radius 1 is 1.22 bits per heavy atom. The molecular formula is C16H18N2O4S. The van der Waals surface area contributed by atoms with Crippen LogP contribution in [0.5, 0.6) is 0 Å². The number of nitrogens with zero attached hydrogens (tertiary/aromatic N) is 2. The van der Waals surface area contributed by atoms with Gasteiger partial charge in [0.2, 0.25) is 10.0 Å². The Kier molecular flexibility index (Phi) is 4.08. The average molecular weight is 334 g/mol. The van der Waals surface area contributed by atoms with Crippen LogP contribution in [0.1, 0.15) is 18.5 Å². The number of aryl methyl sites for hydroxylation is 1. The molecule has 2 heterocycles. The van der Waals surface area contributed by atoms with Gasteiger partial charge in [-0.25, -0.2) is 8.42 Å². The molecule has 1 saturated heterocycles. The molecule has 0 atom stereocenters. The summed E-state index contributed by atoms with van der Waals surface area (Å²) in [6.45, 7) is 2.27. The van der Waals surface area contributed by atoms with Crippen LogP contribution in [0, 0.1) is 12.8 Å². The summed E-state index contributed by atoms with van der Waals surface area (Å²) in [6.07, 6.45) is 0.678. The maximum Gasteiger partial charge on any atom is 0.306 e. The van der Waals surface area contributed by atoms with Crippen LogP contribution in [-0.4, -0.2) is 41.9 Å². The third-order valence-electron chi connectivity index (χ3n) is 4.24. The van der Waals surface area contributed by atoms with Crippen LogP contribution in [0.15, 0.2) is 35.2 Å². The number of carboxylic acid groups (broad SMARTS) is 1. The Morgan fingerprint density at radius 3 is 2.57 bits per heavy atom. The summed E-state index contributed by atoms with van der Waals surface area (Å²) < 4.78 is 27.2. The van der Waals surface area contributed by atoms with Gasteiger partial charge in [0, 0.05) is 24.2 Å². The lowest BCUT2D eigenvalue weighted by molar-refractivity contribution is -0.142. The lowest BCUT2D eigenvalue weighted by atomic mass is 9.99. The first-order valence-electron chi connectivity index (χ1n) is 7.49. The van der Waals surface area contributed by atoms with E-state index in [4.69, 9.17) is 5.11 Å². The highest BCUT2D eigenvalue weighted by Crippen LogP contribution is 2.28. The molecular weight excluding hydrogens is 316 g/mol. The predicted octanol–water partition coefficient (Wildman–Crippen LogP) is 2.03. The Hall–Kier alpha value is -1.99. The zero-order valence-electron chi connectivity index (χ0n) is 12.8. The van der Waals surface area contributed by atoms with E-state index in [0.717, 1.165) is 11.1 Å². The van der Waals surface area contributed by atoms with E-state index in [1.54, 1.807) is 12.1 Å². The number of carboxylic acids is 1. The molecule has 7 heteroatoms. The molecule has 122 valence electrons. The Bertz CT molecular complexity index is 856. The van der Waals surface area contributed by atoms with E-state index in [9.17, 15) is 13.2 Å². The summed E-state index contributed by atoms with van der Waals surface area (Å²) in [6, 6.07) is 8.80. The summed E-state index contributed by atoms with van der Waals surface area (Å²) in [5.74, 6) is -1.32. The molecule has 23 heavy (non-hydrogen) atoms. The van der Waals surface area contributed by atoms with E-state index < -0.39 is 21.9 Å². The van der Waals surface area contributed by atoms with Crippen LogP contribution in [0.2, 0.25) is 0 Å². The minimum atomic E-state index is -3.68. The van der Waals surface area contributed by atoms with Gasteiger partial charge in [0.15, 0.2) is 0 Å². The fraction of sp³-hybridized carbons (Fsp3) is 0.375. The quantitative estimate of drug-likeness (QED) is 0.928. The van der Waals surface area contributed by atoms with Gasteiger partial charge in [-0.15, -0.1) is 0 Å². The van der Waals surface area contributed by atoms with Crippen LogP contribution in [0.3, 0.4) is 0 Å². The van der Waals surface area contributed by atoms with Crippen molar-refractivity contribution in [3.05, 3.63) is 36.0 Å². The highest BCUT2D eigenvalue weighted by molar-refractivity contribution is 7.89. The molecule has 0 saturated carbocycles. The van der Waals surface area contributed by atoms with Crippen molar-refractivity contribution < 1.29 is 18.3 Å². The van der Waals surface area contributed by atoms with Gasteiger partial charge in [0.1, 0.15) is 4.90 Å². The second-order valence-corrected chi connectivity index (χ2v) is 7.70. The molecule has 0 amide bonds. The second-order valence-electron chi connectivity index (χ2n) is 5.80. The number of rotatable bonds is 3. The van der Waals surface area contributed by atoms with Gasteiger partial charge in [-0.2, -0.15) is 4.31 Å². The van der Waals surface area contributed by atoms with Gasteiger partial charge in [-0.1, -0.05) is 18.2 Å². The molecule has 1 aromatic carbocycles. The van der Waals surface area contributed by atoms with Crippen LogP contribution in [0.25, 0.3) is 10.9 Å². The van der Waals surface area contributed by atoms with E-state index in [1.165, 1.54) is 4.31 Å². The van der Waals surface area contributed by atoms with Crippen molar-refractivity contribution in [2.75, 3.05) is 13.1 Å². The normalized spacial score (nSPS) is 17.4. The van der Waals surface area contributed by atoms with E-state index in [-0.39, 0.29) is 18.0 Å². The highest BCUT2D eigenvalue weighted by atomic mass is 32.2. The molecule has 0 aliphatic carbocycles. The summed E-state index contributed by atoms with van der Waals surface area (Å²) in [7, 11) is -3.68. The van der Waals surface area contributed by atoms with Gasteiger partial charge >= 0.3 is 5.97 Å². The van der Waals surface area contributed by atoms with E-state index in [1.807, 2.05) is 25.1 Å². The average Bonchev–Trinajstić information content (AvgIpc) is 2.54. The SMILES string of the molecule is Cc1ccc2cccc(S(=O)(=O)N3CCC(C(=O)O)CC3)c2n1. The zero-order chi connectivity index (χ0) is 16.6. The first-order valence-corrected chi connectivity index (χ1v) is 8.93. The number of aliphatic carboxylic acids is 1. The van der Waals surface area contributed by atoms with Gasteiger partial charge in [0.05, 0.1) is 11.4 Å². The highest BCUT2D eigenvalue weighted by Gasteiger charge is 2.33. The van der Waals surface area contributed by atoms with Crippen molar-refractivity contribution in [3.63, 3.8) is 0 Å². The van der Waals surface area contributed by atoms with Crippen LogP contribution >= 0.6 is 0 Å². The van der Waals surface area contributed by atoms with Crippen molar-refractivity contribution in [1.82, 2.24) is 9.29 Å². The fourth-order valence-corrected chi connectivity index (χ4v) is 4.54. The van der Waals surface area contributed by atoms with Gasteiger partial charge in [-0.3, -0.25) is 9.78 Å². The largest absolute Gasteiger partial charge is 0.481 e. The number of aromatic nitrogens is 1. The summed E-state index contributed by atoms with van der Waals surface area (Å²) >= 11 is 0. The number of para-hydroxylation sites is 1. The molecule has 0 unspecified atom stereocenters. The predicted molar refractivity (Wildman–Crippen MR) is 85.6 cm³/mol. The maximum absolute atomic E-state index is 12.9. The topological polar surface area (TPSA) is 87.6 Å². The summed E-state index contributed by atoms with van der Waals surface area (Å²) in [4.78, 5) is 15.6. The molecule has 1 aliphatic heterocycles. The lowest BCUT2D eigenvalue weighted by Gasteiger charge is -2.29. The Morgan fingerprint density at radius 2 is 1.91 bits per heavy atom. The van der Waals surface area contributed by atoms with Gasteiger partial charge in [-0.05, 0) is 31.9 Å². The third-order valence-corrected chi connectivity index (χ3v) is 6.17. The summed E-state index contributed by atoms with van der Waals surface area (Å²) in [5.41, 5.74) is 1.22. The van der Waals surface area contributed by atoms with Crippen molar-refractivity contribution >= 4 is 26.9 Å². The van der Waals surface area contributed by atoms with E-state index in [0.29, 0.717) is 18.4 Å².